The largest absolute Gasteiger partial charge is 0.465 e. The highest BCUT2D eigenvalue weighted by molar-refractivity contribution is 5.90. The van der Waals surface area contributed by atoms with E-state index in [4.69, 9.17) is 0 Å². The van der Waals surface area contributed by atoms with Gasteiger partial charge in [-0.25, -0.2) is 9.59 Å². The molecule has 0 fully saturated rings. The SMILES string of the molecule is COC(=O)c1ccc(CC(C#N)(C#N)Cc2ccc(C(=O)OC)cc2[N+](=O)[O-])c([N+](=O)[O-])c1. The smallest absolute Gasteiger partial charge is 0.338 e. The summed E-state index contributed by atoms with van der Waals surface area (Å²) in [7, 11) is 2.22. The van der Waals surface area contributed by atoms with E-state index in [9.17, 15) is 40.3 Å². The van der Waals surface area contributed by atoms with Gasteiger partial charge in [-0.3, -0.25) is 20.2 Å². The number of hydrogen-bond acceptors (Lipinski definition) is 10. The fourth-order valence-electron chi connectivity index (χ4n) is 3.15. The van der Waals surface area contributed by atoms with Gasteiger partial charge in [0.05, 0.1) is 47.3 Å². The van der Waals surface area contributed by atoms with Crippen LogP contribution in [0.15, 0.2) is 36.4 Å². The minimum atomic E-state index is -1.92. The molecule has 2 aromatic rings. The number of rotatable bonds is 8. The van der Waals surface area contributed by atoms with Crippen LogP contribution in [-0.2, 0) is 22.3 Å². The van der Waals surface area contributed by atoms with Gasteiger partial charge in [0.25, 0.3) is 11.4 Å². The summed E-state index contributed by atoms with van der Waals surface area (Å²) in [6.07, 6.45) is -0.901. The third-order valence-electron chi connectivity index (χ3n) is 4.82. The number of ether oxygens (including phenoxy) is 2. The van der Waals surface area contributed by atoms with Gasteiger partial charge in [-0.05, 0) is 12.1 Å². The third kappa shape index (κ3) is 5.26. The molecule has 0 spiro atoms. The lowest BCUT2D eigenvalue weighted by Crippen LogP contribution is -2.24. The van der Waals surface area contributed by atoms with E-state index < -0.39 is 51.4 Å². The Morgan fingerprint density at radius 1 is 0.848 bits per heavy atom. The van der Waals surface area contributed by atoms with Crippen LogP contribution in [0, 0.1) is 48.3 Å². The molecule has 0 aromatic heterocycles. The number of hydrogen-bond donors (Lipinski definition) is 0. The van der Waals surface area contributed by atoms with E-state index in [0.29, 0.717) is 0 Å². The minimum Gasteiger partial charge on any atom is -0.465 e. The van der Waals surface area contributed by atoms with Crippen molar-refractivity contribution in [1.82, 2.24) is 0 Å². The Morgan fingerprint density at radius 2 is 1.21 bits per heavy atom. The topological polar surface area (TPSA) is 186 Å². The summed E-state index contributed by atoms with van der Waals surface area (Å²) in [4.78, 5) is 44.9. The van der Waals surface area contributed by atoms with Crippen molar-refractivity contribution in [3.05, 3.63) is 78.9 Å². The number of methoxy groups -OCH3 is 2. The van der Waals surface area contributed by atoms with E-state index in [1.165, 1.54) is 24.3 Å². The van der Waals surface area contributed by atoms with E-state index in [2.05, 4.69) is 9.47 Å². The first-order valence-corrected chi connectivity index (χ1v) is 9.15. The van der Waals surface area contributed by atoms with Crippen LogP contribution in [0.4, 0.5) is 11.4 Å². The summed E-state index contributed by atoms with van der Waals surface area (Å²) in [6.45, 7) is 0. The molecule has 0 aliphatic heterocycles. The molecule has 0 saturated carbocycles. The molecule has 12 nitrogen and oxygen atoms in total. The second-order valence-corrected chi connectivity index (χ2v) is 6.84. The van der Waals surface area contributed by atoms with Crippen molar-refractivity contribution >= 4 is 23.3 Å². The van der Waals surface area contributed by atoms with Crippen molar-refractivity contribution in [1.29, 1.82) is 10.5 Å². The van der Waals surface area contributed by atoms with Crippen LogP contribution in [0.25, 0.3) is 0 Å². The first-order valence-electron chi connectivity index (χ1n) is 9.15. The standard InChI is InChI=1S/C21H16N4O8/c1-32-19(26)13-3-5-15(17(7-13)24(28)29)9-21(11-22,12-23)10-16-6-4-14(20(27)33-2)8-18(16)25(30)31/h3-8H,9-10H2,1-2H3. The highest BCUT2D eigenvalue weighted by Gasteiger charge is 2.36. The molecule has 0 saturated heterocycles. The average Bonchev–Trinajstić information content (AvgIpc) is 2.82. The zero-order chi connectivity index (χ0) is 24.8. The highest BCUT2D eigenvalue weighted by Crippen LogP contribution is 2.34. The molecule has 0 radical (unpaired) electrons. The van der Waals surface area contributed by atoms with E-state index in [-0.39, 0.29) is 22.3 Å². The van der Waals surface area contributed by atoms with Crippen LogP contribution in [0.3, 0.4) is 0 Å². The van der Waals surface area contributed by atoms with Gasteiger partial charge in [0.15, 0.2) is 5.41 Å². The van der Waals surface area contributed by atoms with E-state index in [1.807, 2.05) is 0 Å². The van der Waals surface area contributed by atoms with E-state index in [0.717, 1.165) is 26.4 Å². The molecule has 0 unspecified atom stereocenters. The Hall–Kier alpha value is -4.84. The maximum atomic E-state index is 11.7. The van der Waals surface area contributed by atoms with Gasteiger partial charge in [-0.15, -0.1) is 0 Å². The second kappa shape index (κ2) is 9.98. The molecule has 0 atom stereocenters. The maximum Gasteiger partial charge on any atom is 0.338 e. The number of carbonyl (C=O) groups excluding carboxylic acids is 2. The Morgan fingerprint density at radius 3 is 1.48 bits per heavy atom. The summed E-state index contributed by atoms with van der Waals surface area (Å²) < 4.78 is 9.08. The predicted molar refractivity (Wildman–Crippen MR) is 110 cm³/mol. The molecular weight excluding hydrogens is 436 g/mol. The fraction of sp³-hybridized carbons (Fsp3) is 0.238. The van der Waals surface area contributed by atoms with Gasteiger partial charge < -0.3 is 9.47 Å². The Kier molecular flexibility index (Phi) is 7.39. The monoisotopic (exact) mass is 452 g/mol. The summed E-state index contributed by atoms with van der Waals surface area (Å²) in [6, 6.07) is 10.5. The Labute approximate surface area is 186 Å². The number of nitriles is 2. The number of nitro benzene ring substituents is 2. The lowest BCUT2D eigenvalue weighted by molar-refractivity contribution is -0.385. The Bertz CT molecular complexity index is 1130. The van der Waals surface area contributed by atoms with Gasteiger partial charge in [0.2, 0.25) is 0 Å². The van der Waals surface area contributed by atoms with Crippen molar-refractivity contribution in [3.63, 3.8) is 0 Å². The Balaban J connectivity index is 2.53. The molecule has 2 aromatic carbocycles. The quantitative estimate of drug-likeness (QED) is 0.327. The molecule has 0 aliphatic carbocycles. The summed E-state index contributed by atoms with van der Waals surface area (Å²) >= 11 is 0. The molecule has 33 heavy (non-hydrogen) atoms. The van der Waals surface area contributed by atoms with Gasteiger partial charge in [0, 0.05) is 36.1 Å². The second-order valence-electron chi connectivity index (χ2n) is 6.84. The predicted octanol–water partition coefficient (Wildman–Crippen LogP) is 2.89. The van der Waals surface area contributed by atoms with Crippen LogP contribution in [0.2, 0.25) is 0 Å². The molecule has 0 heterocycles. The maximum absolute atomic E-state index is 11.7. The average molecular weight is 452 g/mol. The zero-order valence-corrected chi connectivity index (χ0v) is 17.4. The van der Waals surface area contributed by atoms with Crippen molar-refractivity contribution in [2.75, 3.05) is 14.2 Å². The third-order valence-corrected chi connectivity index (χ3v) is 4.82. The van der Waals surface area contributed by atoms with Crippen LogP contribution >= 0.6 is 0 Å². The van der Waals surface area contributed by atoms with Gasteiger partial charge in [-0.1, -0.05) is 12.1 Å². The first kappa shape index (κ1) is 24.4. The van der Waals surface area contributed by atoms with Crippen molar-refractivity contribution < 1.29 is 28.9 Å². The highest BCUT2D eigenvalue weighted by atomic mass is 16.6. The molecule has 0 N–H and O–H groups in total. The molecular formula is C21H16N4O8. The van der Waals surface area contributed by atoms with Crippen molar-refractivity contribution in [3.8, 4) is 12.1 Å². The molecule has 2 rings (SSSR count). The van der Waals surface area contributed by atoms with Crippen molar-refractivity contribution in [2.24, 2.45) is 5.41 Å². The van der Waals surface area contributed by atoms with Crippen LogP contribution < -0.4 is 0 Å². The normalized spacial score (nSPS) is 10.4. The molecule has 0 aliphatic rings. The van der Waals surface area contributed by atoms with Gasteiger partial charge >= 0.3 is 11.9 Å². The number of carbonyl (C=O) groups is 2. The van der Waals surface area contributed by atoms with Crippen molar-refractivity contribution in [2.45, 2.75) is 12.8 Å². The van der Waals surface area contributed by atoms with Crippen LogP contribution in [-0.4, -0.2) is 36.0 Å². The van der Waals surface area contributed by atoms with Gasteiger partial charge in [0.1, 0.15) is 0 Å². The summed E-state index contributed by atoms with van der Waals surface area (Å²) in [5.41, 5.74) is -3.18. The number of nitro groups is 2. The molecule has 12 heteroatoms. The summed E-state index contributed by atoms with van der Waals surface area (Å²) in [5.74, 6) is -1.62. The number of nitrogens with zero attached hydrogens (tertiary/aromatic N) is 4. The lowest BCUT2D eigenvalue weighted by Gasteiger charge is -2.19. The van der Waals surface area contributed by atoms with E-state index in [1.54, 1.807) is 12.1 Å². The lowest BCUT2D eigenvalue weighted by atomic mass is 9.78. The molecule has 0 bridgehead atoms. The minimum absolute atomic E-state index is 0.0235. The number of benzene rings is 2. The van der Waals surface area contributed by atoms with Crippen LogP contribution in [0.1, 0.15) is 31.8 Å². The van der Waals surface area contributed by atoms with Gasteiger partial charge in [-0.2, -0.15) is 10.5 Å². The molecule has 0 amide bonds. The molecule has 168 valence electrons. The van der Waals surface area contributed by atoms with E-state index >= 15 is 0 Å². The fourth-order valence-corrected chi connectivity index (χ4v) is 3.15. The zero-order valence-electron chi connectivity index (χ0n) is 17.4. The summed E-state index contributed by atoms with van der Waals surface area (Å²) in [5, 5.41) is 42.6. The van der Waals surface area contributed by atoms with Crippen LogP contribution in [0.5, 0.6) is 0 Å². The first-order chi connectivity index (χ1) is 15.6. The number of esters is 2.